The van der Waals surface area contributed by atoms with Crippen molar-refractivity contribution < 1.29 is 5.11 Å². The molecule has 0 aliphatic heterocycles. The molecule has 0 heterocycles. The van der Waals surface area contributed by atoms with Crippen molar-refractivity contribution in [1.82, 2.24) is 0 Å². The Balaban J connectivity index is 4.12. The molecule has 2 unspecified atom stereocenters. The zero-order valence-corrected chi connectivity index (χ0v) is 36.3. The Morgan fingerprint density at radius 2 is 0.608 bits per heavy atom. The van der Waals surface area contributed by atoms with Crippen LogP contribution < -0.4 is 0 Å². The van der Waals surface area contributed by atoms with Crippen LogP contribution in [0.15, 0.2) is 81.5 Å². The smallest absolute Gasteiger partial charge is 0.0614 e. The lowest BCUT2D eigenvalue weighted by molar-refractivity contribution is 0.341. The average molecular weight is 705 g/mol. The van der Waals surface area contributed by atoms with Gasteiger partial charge in [0.25, 0.3) is 0 Å². The van der Waals surface area contributed by atoms with Gasteiger partial charge in [-0.15, -0.1) is 0 Å². The van der Waals surface area contributed by atoms with Crippen molar-refractivity contribution in [2.75, 3.05) is 6.61 Å². The Kier molecular flexibility index (Phi) is 31.6. The van der Waals surface area contributed by atoms with Gasteiger partial charge in [0.2, 0.25) is 0 Å². The molecule has 0 aliphatic rings. The molecule has 51 heavy (non-hydrogen) atoms. The average Bonchev–Trinajstić information content (AvgIpc) is 3.04. The summed E-state index contributed by atoms with van der Waals surface area (Å²) in [5, 5.41) is 8.98. The first-order chi connectivity index (χ1) is 24.3. The summed E-state index contributed by atoms with van der Waals surface area (Å²) in [5.74, 6) is 2.64. The van der Waals surface area contributed by atoms with Crippen LogP contribution in [0.25, 0.3) is 0 Å². The molecule has 1 N–H and O–H groups in total. The predicted molar refractivity (Wildman–Crippen MR) is 234 cm³/mol. The van der Waals surface area contributed by atoms with Gasteiger partial charge in [-0.3, -0.25) is 0 Å². The van der Waals surface area contributed by atoms with Crippen LogP contribution in [0, 0.1) is 17.8 Å². The minimum Gasteiger partial charge on any atom is -0.392 e. The van der Waals surface area contributed by atoms with E-state index >= 15 is 0 Å². The van der Waals surface area contributed by atoms with E-state index in [1.807, 2.05) is 6.08 Å². The van der Waals surface area contributed by atoms with Crippen LogP contribution in [0.5, 0.6) is 0 Å². The number of aliphatic hydroxyl groups excluding tert-OH is 1. The second-order valence-electron chi connectivity index (χ2n) is 17.1. The molecule has 0 aliphatic carbocycles. The molecule has 0 amide bonds. The summed E-state index contributed by atoms with van der Waals surface area (Å²) < 4.78 is 0. The zero-order valence-electron chi connectivity index (χ0n) is 36.3. The van der Waals surface area contributed by atoms with Gasteiger partial charge >= 0.3 is 0 Å². The molecular weight excluding hydrogens is 617 g/mol. The van der Waals surface area contributed by atoms with Gasteiger partial charge in [-0.25, -0.2) is 0 Å². The maximum Gasteiger partial charge on any atom is 0.0614 e. The molecule has 0 aromatic heterocycles. The summed E-state index contributed by atoms with van der Waals surface area (Å²) in [6.07, 6.45) is 42.9. The maximum atomic E-state index is 8.98. The largest absolute Gasteiger partial charge is 0.392 e. The summed E-state index contributed by atoms with van der Waals surface area (Å²) in [6, 6.07) is 0. The standard InChI is InChI=1S/C50H88O/c1-41(2)21-12-22-42(3)23-13-24-43(4)25-14-26-44(5)27-15-28-45(6)29-16-30-46(7)31-17-32-47(8)33-18-34-48(9)35-19-36-49(10)37-20-38-50(11)39-40-51/h27,29,31,33,35,37,39,41-43,51H,12-26,28,30,32,34,36,38,40H2,1-11H3/b44-27+,45-29+,46-31+,47-33+,48-35+,49-37+,50-39+. The first-order valence-electron chi connectivity index (χ1n) is 21.5. The Morgan fingerprint density at radius 3 is 0.902 bits per heavy atom. The van der Waals surface area contributed by atoms with E-state index < -0.39 is 0 Å². The van der Waals surface area contributed by atoms with Gasteiger partial charge in [-0.05, 0) is 156 Å². The molecule has 1 heteroatoms. The van der Waals surface area contributed by atoms with Crippen molar-refractivity contribution in [1.29, 1.82) is 0 Å². The molecule has 0 radical (unpaired) electrons. The van der Waals surface area contributed by atoms with Crippen molar-refractivity contribution in [2.24, 2.45) is 17.8 Å². The summed E-state index contributed by atoms with van der Waals surface area (Å²) in [4.78, 5) is 0. The molecule has 0 rings (SSSR count). The molecular formula is C50H88O. The van der Waals surface area contributed by atoms with E-state index in [2.05, 4.69) is 113 Å². The van der Waals surface area contributed by atoms with Crippen LogP contribution in [0.4, 0.5) is 0 Å². The summed E-state index contributed by atoms with van der Waals surface area (Å²) in [5.41, 5.74) is 10.5. The SMILES string of the molecule is C/C(=C\CO)CC/C=C(\C)CC/C=C(\C)CC/C=C(\C)CC/C=C(\C)CC/C=C(\C)CC/C=C(\C)CCCC(C)CCCC(C)CCCC(C)C. The van der Waals surface area contributed by atoms with Crippen molar-refractivity contribution >= 4 is 0 Å². The minimum atomic E-state index is 0.152. The monoisotopic (exact) mass is 705 g/mol. The quantitative estimate of drug-likeness (QED) is 0.0712. The van der Waals surface area contributed by atoms with E-state index in [0.717, 1.165) is 56.3 Å². The molecule has 0 saturated heterocycles. The Labute approximate surface area is 321 Å². The fourth-order valence-electron chi connectivity index (χ4n) is 6.86. The van der Waals surface area contributed by atoms with E-state index in [1.54, 1.807) is 11.1 Å². The number of hydrogen-bond donors (Lipinski definition) is 1. The second kappa shape index (κ2) is 32.8. The van der Waals surface area contributed by atoms with E-state index in [4.69, 9.17) is 5.11 Å². The van der Waals surface area contributed by atoms with Gasteiger partial charge in [-0.1, -0.05) is 154 Å². The van der Waals surface area contributed by atoms with Crippen molar-refractivity contribution in [3.63, 3.8) is 0 Å². The van der Waals surface area contributed by atoms with Gasteiger partial charge in [-0.2, -0.15) is 0 Å². The number of hydrogen-bond acceptors (Lipinski definition) is 1. The molecule has 0 saturated carbocycles. The minimum absolute atomic E-state index is 0.152. The molecule has 0 spiro atoms. The topological polar surface area (TPSA) is 20.2 Å². The van der Waals surface area contributed by atoms with E-state index in [9.17, 15) is 0 Å². The summed E-state index contributed by atoms with van der Waals surface area (Å²) in [6.45, 7) is 25.7. The molecule has 0 fully saturated rings. The van der Waals surface area contributed by atoms with Gasteiger partial charge in [0.15, 0.2) is 0 Å². The molecule has 294 valence electrons. The summed E-state index contributed by atoms with van der Waals surface area (Å²) in [7, 11) is 0. The van der Waals surface area contributed by atoms with Crippen LogP contribution in [-0.4, -0.2) is 11.7 Å². The van der Waals surface area contributed by atoms with Crippen LogP contribution in [0.2, 0.25) is 0 Å². The van der Waals surface area contributed by atoms with Crippen LogP contribution in [0.3, 0.4) is 0 Å². The highest BCUT2D eigenvalue weighted by Crippen LogP contribution is 2.23. The number of aliphatic hydroxyl groups is 1. The molecule has 2 atom stereocenters. The first kappa shape index (κ1) is 49.1. The van der Waals surface area contributed by atoms with E-state index in [-0.39, 0.29) is 6.61 Å². The maximum absolute atomic E-state index is 8.98. The predicted octanol–water partition coefficient (Wildman–Crippen LogP) is 16.7. The van der Waals surface area contributed by atoms with Gasteiger partial charge in [0.05, 0.1) is 6.61 Å². The number of rotatable bonds is 31. The Hall–Kier alpha value is -1.86. The van der Waals surface area contributed by atoms with Crippen molar-refractivity contribution in [3.05, 3.63) is 81.5 Å². The molecule has 0 aromatic rings. The third-order valence-electron chi connectivity index (χ3n) is 10.8. The van der Waals surface area contributed by atoms with Gasteiger partial charge in [0, 0.05) is 0 Å². The lowest BCUT2D eigenvalue weighted by Gasteiger charge is -2.15. The molecule has 0 bridgehead atoms. The highest BCUT2D eigenvalue weighted by molar-refractivity contribution is 5.09. The molecule has 0 aromatic carbocycles. The van der Waals surface area contributed by atoms with E-state index in [0.29, 0.717) is 0 Å². The lowest BCUT2D eigenvalue weighted by atomic mass is 9.91. The van der Waals surface area contributed by atoms with Crippen molar-refractivity contribution in [2.45, 2.75) is 211 Å². The molecule has 1 nitrogen and oxygen atoms in total. The number of allylic oxidation sites excluding steroid dienone is 13. The van der Waals surface area contributed by atoms with Crippen LogP contribution in [-0.2, 0) is 0 Å². The normalized spacial score (nSPS) is 15.7. The summed E-state index contributed by atoms with van der Waals surface area (Å²) >= 11 is 0. The second-order valence-corrected chi connectivity index (χ2v) is 17.1. The highest BCUT2D eigenvalue weighted by Gasteiger charge is 2.07. The van der Waals surface area contributed by atoms with Crippen LogP contribution in [0.1, 0.15) is 211 Å². The zero-order chi connectivity index (χ0) is 38.3. The first-order valence-corrected chi connectivity index (χ1v) is 21.5. The fourth-order valence-corrected chi connectivity index (χ4v) is 6.86. The third kappa shape index (κ3) is 33.7. The van der Waals surface area contributed by atoms with Crippen molar-refractivity contribution in [3.8, 4) is 0 Å². The van der Waals surface area contributed by atoms with Crippen LogP contribution >= 0.6 is 0 Å². The van der Waals surface area contributed by atoms with Gasteiger partial charge < -0.3 is 5.11 Å². The Bertz CT molecular complexity index is 1080. The van der Waals surface area contributed by atoms with Gasteiger partial charge in [0.1, 0.15) is 0 Å². The fraction of sp³-hybridized carbons (Fsp3) is 0.720. The third-order valence-corrected chi connectivity index (χ3v) is 10.8. The van der Waals surface area contributed by atoms with E-state index in [1.165, 1.54) is 124 Å². The highest BCUT2D eigenvalue weighted by atomic mass is 16.2. The Morgan fingerprint density at radius 1 is 0.353 bits per heavy atom. The lowest BCUT2D eigenvalue weighted by Crippen LogP contribution is -2.00.